The third kappa shape index (κ3) is 3.89. The van der Waals surface area contributed by atoms with Gasteiger partial charge in [-0.1, -0.05) is 13.0 Å². The number of hydrogen-bond acceptors (Lipinski definition) is 4. The molecule has 1 aromatic rings. The topological polar surface area (TPSA) is 47.9 Å². The third-order valence-corrected chi connectivity index (χ3v) is 2.91. The van der Waals surface area contributed by atoms with E-state index in [0.717, 1.165) is 12.0 Å². The van der Waals surface area contributed by atoms with Crippen LogP contribution in [0.2, 0.25) is 0 Å². The van der Waals surface area contributed by atoms with Crippen molar-refractivity contribution in [1.29, 1.82) is 0 Å². The normalized spacial score (nSPS) is 14.1. The van der Waals surface area contributed by atoms with Gasteiger partial charge >= 0.3 is 0 Å². The van der Waals surface area contributed by atoms with Crippen molar-refractivity contribution in [2.45, 2.75) is 32.5 Å². The molecule has 0 saturated heterocycles. The summed E-state index contributed by atoms with van der Waals surface area (Å²) in [6.07, 6.45) is 0.428. The molecule has 1 aromatic carbocycles. The average molecular weight is 254 g/mol. The highest BCUT2D eigenvalue weighted by Crippen LogP contribution is 2.30. The second-order valence-corrected chi connectivity index (χ2v) is 4.18. The quantitative estimate of drug-likeness (QED) is 0.812. The molecule has 1 N–H and O–H groups in total. The molecule has 18 heavy (non-hydrogen) atoms. The summed E-state index contributed by atoms with van der Waals surface area (Å²) < 4.78 is 15.9. The van der Waals surface area contributed by atoms with E-state index >= 15 is 0 Å². The Hall–Kier alpha value is -1.26. The molecule has 0 aliphatic rings. The van der Waals surface area contributed by atoms with Crippen molar-refractivity contribution >= 4 is 0 Å². The van der Waals surface area contributed by atoms with Crippen LogP contribution in [0.15, 0.2) is 18.2 Å². The summed E-state index contributed by atoms with van der Waals surface area (Å²) >= 11 is 0. The minimum Gasteiger partial charge on any atom is -0.493 e. The van der Waals surface area contributed by atoms with Gasteiger partial charge in [0.25, 0.3) is 0 Å². The fourth-order valence-electron chi connectivity index (χ4n) is 1.53. The van der Waals surface area contributed by atoms with Crippen LogP contribution >= 0.6 is 0 Å². The van der Waals surface area contributed by atoms with Crippen LogP contribution in [0.3, 0.4) is 0 Å². The van der Waals surface area contributed by atoms with E-state index in [1.165, 1.54) is 0 Å². The lowest BCUT2D eigenvalue weighted by Gasteiger charge is -2.16. The molecule has 0 bridgehead atoms. The average Bonchev–Trinajstić information content (AvgIpc) is 2.43. The second kappa shape index (κ2) is 7.24. The van der Waals surface area contributed by atoms with Gasteiger partial charge < -0.3 is 19.3 Å². The van der Waals surface area contributed by atoms with Gasteiger partial charge in [0.1, 0.15) is 6.10 Å². The maximum absolute atomic E-state index is 10.0. The first-order valence-electron chi connectivity index (χ1n) is 6.13. The van der Waals surface area contributed by atoms with Crippen LogP contribution in [0, 0.1) is 0 Å². The molecule has 0 fully saturated rings. The highest BCUT2D eigenvalue weighted by molar-refractivity contribution is 5.43. The predicted octanol–water partition coefficient (Wildman–Crippen LogP) is 2.55. The van der Waals surface area contributed by atoms with E-state index in [1.54, 1.807) is 26.4 Å². The van der Waals surface area contributed by atoms with E-state index in [1.807, 2.05) is 19.9 Å². The van der Waals surface area contributed by atoms with E-state index in [-0.39, 0.29) is 12.7 Å². The van der Waals surface area contributed by atoms with Gasteiger partial charge in [-0.25, -0.2) is 0 Å². The van der Waals surface area contributed by atoms with Crippen molar-refractivity contribution in [3.63, 3.8) is 0 Å². The maximum atomic E-state index is 10.0. The van der Waals surface area contributed by atoms with Gasteiger partial charge in [-0.15, -0.1) is 0 Å². The van der Waals surface area contributed by atoms with Gasteiger partial charge in [0.05, 0.1) is 26.9 Å². The Balaban J connectivity index is 2.70. The molecule has 0 aliphatic heterocycles. The Morgan fingerprint density at radius 3 is 2.39 bits per heavy atom. The third-order valence-electron chi connectivity index (χ3n) is 2.91. The van der Waals surface area contributed by atoms with Gasteiger partial charge in [-0.2, -0.15) is 0 Å². The lowest BCUT2D eigenvalue weighted by Crippen LogP contribution is -2.13. The number of aliphatic hydroxyl groups is 1. The minimum absolute atomic E-state index is 0.153. The Labute approximate surface area is 108 Å². The number of rotatable bonds is 7. The molecule has 102 valence electrons. The molecule has 0 aliphatic carbocycles. The largest absolute Gasteiger partial charge is 0.493 e. The Kier molecular flexibility index (Phi) is 5.95. The van der Waals surface area contributed by atoms with Gasteiger partial charge in [0, 0.05) is 0 Å². The zero-order chi connectivity index (χ0) is 13.5. The Bertz CT molecular complexity index is 365. The number of benzene rings is 1. The SMILES string of the molecule is CCC(C)OCC(O)c1ccc(OC)c(OC)c1. The molecule has 0 heterocycles. The van der Waals surface area contributed by atoms with Crippen molar-refractivity contribution in [1.82, 2.24) is 0 Å². The lowest BCUT2D eigenvalue weighted by atomic mass is 10.1. The molecule has 2 unspecified atom stereocenters. The molecular formula is C14H22O4. The van der Waals surface area contributed by atoms with Crippen LogP contribution in [0.4, 0.5) is 0 Å². The summed E-state index contributed by atoms with van der Waals surface area (Å²) in [6.45, 7) is 4.32. The van der Waals surface area contributed by atoms with E-state index in [2.05, 4.69) is 0 Å². The van der Waals surface area contributed by atoms with E-state index in [0.29, 0.717) is 11.5 Å². The molecule has 4 heteroatoms. The monoisotopic (exact) mass is 254 g/mol. The molecule has 4 nitrogen and oxygen atoms in total. The Morgan fingerprint density at radius 1 is 1.17 bits per heavy atom. The first-order valence-corrected chi connectivity index (χ1v) is 6.13. The first-order chi connectivity index (χ1) is 8.62. The van der Waals surface area contributed by atoms with E-state index in [4.69, 9.17) is 14.2 Å². The Morgan fingerprint density at radius 2 is 1.83 bits per heavy atom. The van der Waals surface area contributed by atoms with Crippen LogP contribution in [-0.4, -0.2) is 32.0 Å². The van der Waals surface area contributed by atoms with Gasteiger partial charge in [0.15, 0.2) is 11.5 Å². The van der Waals surface area contributed by atoms with Crippen molar-refractivity contribution in [3.8, 4) is 11.5 Å². The van der Waals surface area contributed by atoms with Crippen LogP contribution in [-0.2, 0) is 4.74 Å². The van der Waals surface area contributed by atoms with Gasteiger partial charge in [0.2, 0.25) is 0 Å². The van der Waals surface area contributed by atoms with Crippen LogP contribution in [0.1, 0.15) is 31.9 Å². The fraction of sp³-hybridized carbons (Fsp3) is 0.571. The molecule has 1 rings (SSSR count). The molecule has 0 amide bonds. The van der Waals surface area contributed by atoms with Crippen LogP contribution < -0.4 is 9.47 Å². The van der Waals surface area contributed by atoms with Crippen molar-refractivity contribution in [2.24, 2.45) is 0 Å². The van der Waals surface area contributed by atoms with Crippen LogP contribution in [0.5, 0.6) is 11.5 Å². The van der Waals surface area contributed by atoms with Crippen LogP contribution in [0.25, 0.3) is 0 Å². The standard InChI is InChI=1S/C14H22O4/c1-5-10(2)18-9-12(15)11-6-7-13(16-3)14(8-11)17-4/h6-8,10,12,15H,5,9H2,1-4H3. The summed E-state index contributed by atoms with van der Waals surface area (Å²) in [7, 11) is 3.16. The van der Waals surface area contributed by atoms with Crippen molar-refractivity contribution in [3.05, 3.63) is 23.8 Å². The number of methoxy groups -OCH3 is 2. The summed E-state index contributed by atoms with van der Waals surface area (Å²) in [5.74, 6) is 1.26. The fourth-order valence-corrected chi connectivity index (χ4v) is 1.53. The highest BCUT2D eigenvalue weighted by Gasteiger charge is 2.13. The summed E-state index contributed by atoms with van der Waals surface area (Å²) in [6, 6.07) is 5.36. The highest BCUT2D eigenvalue weighted by atomic mass is 16.5. The molecular weight excluding hydrogens is 232 g/mol. The minimum atomic E-state index is -0.654. The molecule has 2 atom stereocenters. The summed E-state index contributed by atoms with van der Waals surface area (Å²) in [5.41, 5.74) is 0.760. The zero-order valence-corrected chi connectivity index (χ0v) is 11.5. The van der Waals surface area contributed by atoms with Crippen molar-refractivity contribution < 1.29 is 19.3 Å². The first kappa shape index (κ1) is 14.8. The predicted molar refractivity (Wildman–Crippen MR) is 70.2 cm³/mol. The number of ether oxygens (including phenoxy) is 3. The zero-order valence-electron chi connectivity index (χ0n) is 11.5. The molecule has 0 saturated carbocycles. The number of hydrogen-bond donors (Lipinski definition) is 1. The smallest absolute Gasteiger partial charge is 0.161 e. The maximum Gasteiger partial charge on any atom is 0.161 e. The van der Waals surface area contributed by atoms with Gasteiger partial charge in [-0.3, -0.25) is 0 Å². The van der Waals surface area contributed by atoms with E-state index < -0.39 is 6.10 Å². The molecule has 0 radical (unpaired) electrons. The number of aliphatic hydroxyl groups excluding tert-OH is 1. The van der Waals surface area contributed by atoms with Crippen molar-refractivity contribution in [2.75, 3.05) is 20.8 Å². The molecule has 0 spiro atoms. The van der Waals surface area contributed by atoms with E-state index in [9.17, 15) is 5.11 Å². The summed E-state index contributed by atoms with van der Waals surface area (Å²) in [4.78, 5) is 0. The second-order valence-electron chi connectivity index (χ2n) is 4.18. The van der Waals surface area contributed by atoms with Gasteiger partial charge in [-0.05, 0) is 31.0 Å². The summed E-state index contributed by atoms with van der Waals surface area (Å²) in [5, 5.41) is 10.0. The molecule has 0 aromatic heterocycles. The lowest BCUT2D eigenvalue weighted by molar-refractivity contribution is -0.00382.